The van der Waals surface area contributed by atoms with Crippen LogP contribution in [0.3, 0.4) is 0 Å². The molecule has 0 aliphatic carbocycles. The monoisotopic (exact) mass is 288 g/mol. The Balaban J connectivity index is 2.03. The Kier molecular flexibility index (Phi) is 5.54. The van der Waals surface area contributed by atoms with Gasteiger partial charge in [-0.1, -0.05) is 30.3 Å². The summed E-state index contributed by atoms with van der Waals surface area (Å²) < 4.78 is 5.20. The van der Waals surface area contributed by atoms with Gasteiger partial charge in [-0.25, -0.2) is 0 Å². The number of carbonyl (C=O) groups is 1. The topological polar surface area (TPSA) is 65.7 Å². The lowest BCUT2D eigenvalue weighted by Crippen LogP contribution is -2.37. The number of amides is 1. The van der Waals surface area contributed by atoms with E-state index in [1.54, 1.807) is 19.2 Å². The highest BCUT2D eigenvalue weighted by Crippen LogP contribution is 2.16. The lowest BCUT2D eigenvalue weighted by Gasteiger charge is -2.23. The van der Waals surface area contributed by atoms with Gasteiger partial charge >= 0.3 is 0 Å². The van der Waals surface area contributed by atoms with Gasteiger partial charge < -0.3 is 14.8 Å². The van der Waals surface area contributed by atoms with E-state index in [1.807, 2.05) is 35.2 Å². The molecule has 1 amide bonds. The van der Waals surface area contributed by atoms with E-state index in [0.29, 0.717) is 18.8 Å². The van der Waals surface area contributed by atoms with Crippen molar-refractivity contribution in [1.29, 1.82) is 0 Å². The van der Waals surface area contributed by atoms with Crippen molar-refractivity contribution in [3.8, 4) is 0 Å². The van der Waals surface area contributed by atoms with Crippen LogP contribution in [0.25, 0.3) is 0 Å². The molecule has 0 fully saturated rings. The number of likely N-dealkylation sites (N-methyl/N-ethyl adjacent to an activating group) is 1. The van der Waals surface area contributed by atoms with Crippen molar-refractivity contribution in [1.82, 2.24) is 10.2 Å². The van der Waals surface area contributed by atoms with Gasteiger partial charge in [0.2, 0.25) is 5.91 Å². The minimum Gasteiger partial charge on any atom is -0.467 e. The number of hydrogen-bond donors (Lipinski definition) is 2. The highest BCUT2D eigenvalue weighted by atomic mass is 16.4. The Labute approximate surface area is 124 Å². The molecule has 2 aromatic rings. The second-order valence-corrected chi connectivity index (χ2v) is 4.86. The summed E-state index contributed by atoms with van der Waals surface area (Å²) in [6.07, 6.45) is 0.770. The molecular weight excluding hydrogens is 268 g/mol. The number of furan rings is 1. The van der Waals surface area contributed by atoms with Crippen LogP contribution in [0.1, 0.15) is 17.4 Å². The molecule has 1 atom stereocenters. The number of rotatable bonds is 7. The molecule has 5 nitrogen and oxygen atoms in total. The molecule has 0 bridgehead atoms. The normalized spacial score (nSPS) is 12.3. The second kappa shape index (κ2) is 7.61. The van der Waals surface area contributed by atoms with Gasteiger partial charge in [-0.2, -0.15) is 0 Å². The largest absolute Gasteiger partial charge is 0.467 e. The van der Waals surface area contributed by atoms with E-state index in [1.165, 1.54) is 6.26 Å². The number of nitrogens with one attached hydrogen (secondary N) is 1. The predicted molar refractivity (Wildman–Crippen MR) is 79.5 cm³/mol. The first-order valence-corrected chi connectivity index (χ1v) is 6.87. The maximum atomic E-state index is 11.6. The highest BCUT2D eigenvalue weighted by molar-refractivity contribution is 5.77. The van der Waals surface area contributed by atoms with Crippen LogP contribution in [0.5, 0.6) is 0 Å². The smallest absolute Gasteiger partial charge is 0.233 e. The summed E-state index contributed by atoms with van der Waals surface area (Å²) in [4.78, 5) is 13.5. The van der Waals surface area contributed by atoms with E-state index in [4.69, 9.17) is 4.42 Å². The van der Waals surface area contributed by atoms with Gasteiger partial charge in [0.1, 0.15) is 11.9 Å². The van der Waals surface area contributed by atoms with Crippen LogP contribution in [0.4, 0.5) is 0 Å². The van der Waals surface area contributed by atoms with Crippen molar-refractivity contribution >= 4 is 5.91 Å². The molecule has 2 N–H and O–H groups in total. The summed E-state index contributed by atoms with van der Waals surface area (Å²) in [6, 6.07) is 13.3. The van der Waals surface area contributed by atoms with E-state index < -0.39 is 6.10 Å². The summed E-state index contributed by atoms with van der Waals surface area (Å²) in [6.45, 7) is 1.14. The molecular formula is C16H20N2O3. The number of carbonyl (C=O) groups excluding carboxylic acids is 1. The van der Waals surface area contributed by atoms with Crippen LogP contribution in [-0.2, 0) is 11.3 Å². The van der Waals surface area contributed by atoms with Crippen molar-refractivity contribution < 1.29 is 14.3 Å². The Hall–Kier alpha value is -2.11. The average molecular weight is 288 g/mol. The average Bonchev–Trinajstić information content (AvgIpc) is 3.02. The van der Waals surface area contributed by atoms with Gasteiger partial charge in [-0.05, 0) is 17.7 Å². The van der Waals surface area contributed by atoms with E-state index in [-0.39, 0.29) is 12.5 Å². The van der Waals surface area contributed by atoms with Crippen LogP contribution in [0.15, 0.2) is 53.1 Å². The Morgan fingerprint density at radius 1 is 1.29 bits per heavy atom. The molecule has 5 heteroatoms. The molecule has 0 radical (unpaired) electrons. The van der Waals surface area contributed by atoms with Crippen LogP contribution in [0.2, 0.25) is 0 Å². The molecule has 0 spiro atoms. The standard InChI is InChI=1S/C16H20N2O3/c1-17-16(20)12-18(10-13-6-3-2-4-7-13)11-14(19)15-8-5-9-21-15/h2-9,14,19H,10-12H2,1H3,(H,17,20)/t14-/m0/s1. The number of benzene rings is 1. The fourth-order valence-corrected chi connectivity index (χ4v) is 2.12. The Bertz CT molecular complexity index is 540. The first kappa shape index (κ1) is 15.3. The van der Waals surface area contributed by atoms with Gasteiger partial charge in [-0.15, -0.1) is 0 Å². The molecule has 1 aromatic carbocycles. The summed E-state index contributed by atoms with van der Waals surface area (Å²) in [7, 11) is 1.60. The van der Waals surface area contributed by atoms with E-state index in [9.17, 15) is 9.90 Å². The Morgan fingerprint density at radius 2 is 2.05 bits per heavy atom. The molecule has 1 heterocycles. The Morgan fingerprint density at radius 3 is 2.67 bits per heavy atom. The van der Waals surface area contributed by atoms with Crippen molar-refractivity contribution in [3.63, 3.8) is 0 Å². The van der Waals surface area contributed by atoms with E-state index in [0.717, 1.165) is 5.56 Å². The maximum absolute atomic E-state index is 11.6. The lowest BCUT2D eigenvalue weighted by atomic mass is 10.2. The summed E-state index contributed by atoms with van der Waals surface area (Å²) in [5, 5.41) is 12.8. The molecule has 2 rings (SSSR count). The minimum absolute atomic E-state index is 0.0856. The molecule has 0 unspecified atom stereocenters. The number of aliphatic hydroxyl groups is 1. The molecule has 0 saturated heterocycles. The summed E-state index contributed by atoms with van der Waals surface area (Å²) in [5.41, 5.74) is 1.09. The summed E-state index contributed by atoms with van der Waals surface area (Å²) >= 11 is 0. The molecule has 0 saturated carbocycles. The van der Waals surface area contributed by atoms with Gasteiger partial charge in [0.05, 0.1) is 12.8 Å². The van der Waals surface area contributed by atoms with Crippen LogP contribution in [0, 0.1) is 0 Å². The predicted octanol–water partition coefficient (Wildman–Crippen LogP) is 1.56. The van der Waals surface area contributed by atoms with Crippen LogP contribution >= 0.6 is 0 Å². The molecule has 1 aromatic heterocycles. The highest BCUT2D eigenvalue weighted by Gasteiger charge is 2.18. The third kappa shape index (κ3) is 4.73. The van der Waals surface area contributed by atoms with Crippen LogP contribution in [-0.4, -0.2) is 36.1 Å². The molecule has 112 valence electrons. The second-order valence-electron chi connectivity index (χ2n) is 4.86. The quantitative estimate of drug-likeness (QED) is 0.811. The number of hydrogen-bond acceptors (Lipinski definition) is 4. The number of nitrogens with zero attached hydrogens (tertiary/aromatic N) is 1. The first-order valence-electron chi connectivity index (χ1n) is 6.87. The zero-order chi connectivity index (χ0) is 15.1. The van der Waals surface area contributed by atoms with Gasteiger partial charge in [-0.3, -0.25) is 9.69 Å². The summed E-state index contributed by atoms with van der Waals surface area (Å²) in [5.74, 6) is 0.419. The third-order valence-electron chi connectivity index (χ3n) is 3.20. The van der Waals surface area contributed by atoms with Crippen molar-refractivity contribution in [2.24, 2.45) is 0 Å². The fourth-order valence-electron chi connectivity index (χ4n) is 2.12. The number of aliphatic hydroxyl groups excluding tert-OH is 1. The van der Waals surface area contributed by atoms with E-state index in [2.05, 4.69) is 5.32 Å². The minimum atomic E-state index is -0.756. The van der Waals surface area contributed by atoms with Gasteiger partial charge in [0.25, 0.3) is 0 Å². The zero-order valence-corrected chi connectivity index (χ0v) is 12.0. The van der Waals surface area contributed by atoms with Crippen molar-refractivity contribution in [3.05, 3.63) is 60.1 Å². The maximum Gasteiger partial charge on any atom is 0.233 e. The van der Waals surface area contributed by atoms with Crippen LogP contribution < -0.4 is 5.32 Å². The molecule has 0 aliphatic rings. The fraction of sp³-hybridized carbons (Fsp3) is 0.312. The van der Waals surface area contributed by atoms with E-state index >= 15 is 0 Å². The molecule has 21 heavy (non-hydrogen) atoms. The zero-order valence-electron chi connectivity index (χ0n) is 12.0. The van der Waals surface area contributed by atoms with Crippen molar-refractivity contribution in [2.75, 3.05) is 20.1 Å². The molecule has 0 aliphatic heterocycles. The third-order valence-corrected chi connectivity index (χ3v) is 3.20. The SMILES string of the molecule is CNC(=O)CN(Cc1ccccc1)C[C@H](O)c1ccco1. The first-order chi connectivity index (χ1) is 10.2. The van der Waals surface area contributed by atoms with Gasteiger partial charge in [0, 0.05) is 20.1 Å². The lowest BCUT2D eigenvalue weighted by molar-refractivity contribution is -0.122. The van der Waals surface area contributed by atoms with Gasteiger partial charge in [0.15, 0.2) is 0 Å². The van der Waals surface area contributed by atoms with Crippen molar-refractivity contribution in [2.45, 2.75) is 12.6 Å².